The minimum atomic E-state index is -0.333. The van der Waals surface area contributed by atoms with Gasteiger partial charge in [0.15, 0.2) is 5.82 Å². The number of carbonyl (C=O) groups excluding carboxylic acids is 1. The van der Waals surface area contributed by atoms with Gasteiger partial charge in [0, 0.05) is 0 Å². The summed E-state index contributed by atoms with van der Waals surface area (Å²) in [5, 5.41) is 3.29. The molecule has 2 aromatic rings. The van der Waals surface area contributed by atoms with Crippen molar-refractivity contribution in [2.24, 2.45) is 0 Å². The van der Waals surface area contributed by atoms with Gasteiger partial charge >= 0.3 is 0 Å². The number of aromatic nitrogens is 2. The number of benzene rings is 1. The number of nitrogens with one attached hydrogen (secondary N) is 1. The Morgan fingerprint density at radius 1 is 1.22 bits per heavy atom. The predicted octanol–water partition coefficient (Wildman–Crippen LogP) is 3.34. The third-order valence-corrected chi connectivity index (χ3v) is 3.00. The summed E-state index contributed by atoms with van der Waals surface area (Å²) in [6.07, 6.45) is 2.74. The Labute approximate surface area is 114 Å². The summed E-state index contributed by atoms with van der Waals surface area (Å²) in [5.41, 5.74) is 1.24. The van der Waals surface area contributed by atoms with Crippen LogP contribution in [-0.2, 0) is 0 Å². The van der Waals surface area contributed by atoms with Gasteiger partial charge in [-0.1, -0.05) is 35.3 Å². The van der Waals surface area contributed by atoms with Crippen LogP contribution < -0.4 is 5.32 Å². The normalized spacial score (nSPS) is 10.2. The van der Waals surface area contributed by atoms with Gasteiger partial charge in [0.2, 0.25) is 0 Å². The lowest BCUT2D eigenvalue weighted by atomic mass is 10.1. The molecule has 4 nitrogen and oxygen atoms in total. The topological polar surface area (TPSA) is 54.9 Å². The Kier molecular flexibility index (Phi) is 3.79. The Bertz CT molecular complexity index is 584. The second kappa shape index (κ2) is 5.33. The van der Waals surface area contributed by atoms with Crippen LogP contribution in [0.2, 0.25) is 10.2 Å². The number of nitrogens with zero attached hydrogens (tertiary/aromatic N) is 2. The first-order valence-electron chi connectivity index (χ1n) is 5.12. The number of anilines is 1. The van der Waals surface area contributed by atoms with E-state index >= 15 is 0 Å². The van der Waals surface area contributed by atoms with E-state index in [0.717, 1.165) is 5.56 Å². The predicted molar refractivity (Wildman–Crippen MR) is 71.2 cm³/mol. The molecule has 0 unspecified atom stereocenters. The zero-order valence-electron chi connectivity index (χ0n) is 9.45. The van der Waals surface area contributed by atoms with Gasteiger partial charge in [-0.05, 0) is 18.6 Å². The van der Waals surface area contributed by atoms with E-state index in [1.807, 2.05) is 13.0 Å². The quantitative estimate of drug-likeness (QED) is 0.919. The van der Waals surface area contributed by atoms with Crippen LogP contribution in [0.1, 0.15) is 15.9 Å². The third kappa shape index (κ3) is 2.78. The standard InChI is InChI=1S/C12H9Cl2N3O/c1-7-3-2-4-8(11(7)14)12(18)17-10-6-15-9(13)5-16-10/h2-6H,1H3,(H,16,17,18). The minimum absolute atomic E-state index is 0.265. The highest BCUT2D eigenvalue weighted by Gasteiger charge is 2.12. The van der Waals surface area contributed by atoms with Gasteiger partial charge < -0.3 is 5.32 Å². The van der Waals surface area contributed by atoms with E-state index in [4.69, 9.17) is 23.2 Å². The Morgan fingerprint density at radius 2 is 2.00 bits per heavy atom. The second-order valence-corrected chi connectivity index (χ2v) is 4.38. The molecule has 1 N–H and O–H groups in total. The highest BCUT2D eigenvalue weighted by atomic mass is 35.5. The fraction of sp³-hybridized carbons (Fsp3) is 0.0833. The monoisotopic (exact) mass is 281 g/mol. The summed E-state index contributed by atoms with van der Waals surface area (Å²) in [6, 6.07) is 5.25. The SMILES string of the molecule is Cc1cccc(C(=O)Nc2cnc(Cl)cn2)c1Cl. The Morgan fingerprint density at radius 3 is 2.67 bits per heavy atom. The molecule has 2 rings (SSSR count). The summed E-state index contributed by atoms with van der Waals surface area (Å²) in [5.74, 6) is -0.0118. The maximum Gasteiger partial charge on any atom is 0.258 e. The molecule has 18 heavy (non-hydrogen) atoms. The lowest BCUT2D eigenvalue weighted by molar-refractivity contribution is 0.102. The van der Waals surface area contributed by atoms with Gasteiger partial charge in [-0.15, -0.1) is 0 Å². The van der Waals surface area contributed by atoms with Crippen LogP contribution in [0.4, 0.5) is 5.82 Å². The number of hydrogen-bond donors (Lipinski definition) is 1. The number of rotatable bonds is 2. The highest BCUT2D eigenvalue weighted by molar-refractivity contribution is 6.35. The molecule has 0 aliphatic carbocycles. The Balaban J connectivity index is 2.22. The number of aryl methyl sites for hydroxylation is 1. The van der Waals surface area contributed by atoms with Crippen molar-refractivity contribution in [2.75, 3.05) is 5.32 Å². The van der Waals surface area contributed by atoms with Crippen molar-refractivity contribution >= 4 is 34.9 Å². The van der Waals surface area contributed by atoms with E-state index in [9.17, 15) is 4.79 Å². The maximum atomic E-state index is 12.0. The molecular weight excluding hydrogens is 273 g/mol. The summed E-state index contributed by atoms with van der Waals surface area (Å²) >= 11 is 11.7. The molecule has 0 bridgehead atoms. The third-order valence-electron chi connectivity index (χ3n) is 2.30. The van der Waals surface area contributed by atoms with Crippen LogP contribution >= 0.6 is 23.2 Å². The van der Waals surface area contributed by atoms with Crippen molar-refractivity contribution in [1.29, 1.82) is 0 Å². The van der Waals surface area contributed by atoms with Crippen LogP contribution in [-0.4, -0.2) is 15.9 Å². The van der Waals surface area contributed by atoms with E-state index < -0.39 is 0 Å². The van der Waals surface area contributed by atoms with E-state index in [1.54, 1.807) is 12.1 Å². The highest BCUT2D eigenvalue weighted by Crippen LogP contribution is 2.21. The summed E-state index contributed by atoms with van der Waals surface area (Å²) < 4.78 is 0. The van der Waals surface area contributed by atoms with Crippen molar-refractivity contribution in [3.05, 3.63) is 51.9 Å². The fourth-order valence-electron chi connectivity index (χ4n) is 1.38. The first-order valence-corrected chi connectivity index (χ1v) is 5.87. The number of carbonyl (C=O) groups is 1. The molecule has 0 saturated carbocycles. The maximum absolute atomic E-state index is 12.0. The van der Waals surface area contributed by atoms with Crippen LogP contribution in [0.15, 0.2) is 30.6 Å². The lowest BCUT2D eigenvalue weighted by Crippen LogP contribution is -2.14. The molecule has 0 saturated heterocycles. The van der Waals surface area contributed by atoms with E-state index in [-0.39, 0.29) is 11.1 Å². The number of hydrogen-bond acceptors (Lipinski definition) is 3. The van der Waals surface area contributed by atoms with E-state index in [0.29, 0.717) is 16.4 Å². The van der Waals surface area contributed by atoms with Crippen LogP contribution in [0, 0.1) is 6.92 Å². The molecule has 0 spiro atoms. The van der Waals surface area contributed by atoms with Crippen molar-refractivity contribution in [3.8, 4) is 0 Å². The van der Waals surface area contributed by atoms with Crippen LogP contribution in [0.3, 0.4) is 0 Å². The summed E-state index contributed by atoms with van der Waals surface area (Å²) in [6.45, 7) is 1.83. The first kappa shape index (κ1) is 12.8. The second-order valence-electron chi connectivity index (χ2n) is 3.61. The van der Waals surface area contributed by atoms with Crippen LogP contribution in [0.5, 0.6) is 0 Å². The largest absolute Gasteiger partial charge is 0.305 e. The molecule has 92 valence electrons. The van der Waals surface area contributed by atoms with Crippen molar-refractivity contribution in [2.45, 2.75) is 6.92 Å². The summed E-state index contributed by atoms with van der Waals surface area (Å²) in [4.78, 5) is 19.7. The summed E-state index contributed by atoms with van der Waals surface area (Å²) in [7, 11) is 0. The average Bonchev–Trinajstić information content (AvgIpc) is 2.35. The van der Waals surface area contributed by atoms with Crippen molar-refractivity contribution in [3.63, 3.8) is 0 Å². The van der Waals surface area contributed by atoms with Gasteiger partial charge in [0.05, 0.1) is 23.0 Å². The van der Waals surface area contributed by atoms with E-state index in [2.05, 4.69) is 15.3 Å². The van der Waals surface area contributed by atoms with Gasteiger partial charge in [-0.2, -0.15) is 0 Å². The number of amides is 1. The molecule has 0 aliphatic rings. The van der Waals surface area contributed by atoms with Crippen molar-refractivity contribution in [1.82, 2.24) is 9.97 Å². The fourth-order valence-corrected chi connectivity index (χ4v) is 1.69. The molecule has 0 fully saturated rings. The molecule has 6 heteroatoms. The number of halogens is 2. The van der Waals surface area contributed by atoms with Crippen LogP contribution in [0.25, 0.3) is 0 Å². The van der Waals surface area contributed by atoms with Crippen molar-refractivity contribution < 1.29 is 4.79 Å². The minimum Gasteiger partial charge on any atom is -0.305 e. The molecule has 1 aromatic heterocycles. The molecule has 0 atom stereocenters. The zero-order chi connectivity index (χ0) is 13.1. The molecule has 1 amide bonds. The van der Waals surface area contributed by atoms with Gasteiger partial charge in [0.25, 0.3) is 5.91 Å². The van der Waals surface area contributed by atoms with Gasteiger partial charge in [-0.25, -0.2) is 9.97 Å². The molecule has 0 radical (unpaired) electrons. The zero-order valence-corrected chi connectivity index (χ0v) is 11.0. The molecule has 1 aromatic carbocycles. The van der Waals surface area contributed by atoms with E-state index in [1.165, 1.54) is 12.4 Å². The average molecular weight is 282 g/mol. The molecular formula is C12H9Cl2N3O. The molecule has 0 aliphatic heterocycles. The molecule has 1 heterocycles. The van der Waals surface area contributed by atoms with Gasteiger partial charge in [0.1, 0.15) is 5.15 Å². The lowest BCUT2D eigenvalue weighted by Gasteiger charge is -2.07. The van der Waals surface area contributed by atoms with Gasteiger partial charge in [-0.3, -0.25) is 4.79 Å². The Hall–Kier alpha value is -1.65. The smallest absolute Gasteiger partial charge is 0.258 e. The first-order chi connectivity index (χ1) is 8.58.